The Morgan fingerprint density at radius 1 is 1.09 bits per heavy atom. The molecular formula is C20H38O2. The monoisotopic (exact) mass is 310 g/mol. The van der Waals surface area contributed by atoms with Gasteiger partial charge in [0.1, 0.15) is 0 Å². The molecule has 2 heteroatoms. The van der Waals surface area contributed by atoms with E-state index in [-0.39, 0.29) is 12.5 Å². The maximum atomic E-state index is 9.34. The summed E-state index contributed by atoms with van der Waals surface area (Å²) in [5, 5.41) is 9.34. The van der Waals surface area contributed by atoms with Gasteiger partial charge in [-0.3, -0.25) is 0 Å². The van der Waals surface area contributed by atoms with Gasteiger partial charge in [-0.15, -0.1) is 0 Å². The molecule has 0 heterocycles. The molecule has 0 aromatic heterocycles. The fourth-order valence-electron chi connectivity index (χ4n) is 2.78. The fourth-order valence-corrected chi connectivity index (χ4v) is 2.78. The van der Waals surface area contributed by atoms with Crippen molar-refractivity contribution in [3.05, 3.63) is 23.3 Å². The van der Waals surface area contributed by atoms with Crippen LogP contribution in [0.15, 0.2) is 23.3 Å². The van der Waals surface area contributed by atoms with Crippen LogP contribution >= 0.6 is 0 Å². The molecule has 0 saturated carbocycles. The topological polar surface area (TPSA) is 29.5 Å². The minimum absolute atomic E-state index is 0.230. The number of aliphatic hydroxyl groups is 1. The Hall–Kier alpha value is -0.600. The van der Waals surface area contributed by atoms with Crippen LogP contribution in [0.1, 0.15) is 66.7 Å². The second-order valence-electron chi connectivity index (χ2n) is 6.77. The molecule has 0 saturated heterocycles. The first-order chi connectivity index (χ1) is 10.5. The molecule has 0 spiro atoms. The van der Waals surface area contributed by atoms with Crippen LogP contribution in [0.3, 0.4) is 0 Å². The largest absolute Gasteiger partial charge is 0.396 e. The first-order valence-electron chi connectivity index (χ1n) is 8.94. The van der Waals surface area contributed by atoms with E-state index >= 15 is 0 Å². The molecule has 22 heavy (non-hydrogen) atoms. The Balaban J connectivity index is 4.28. The van der Waals surface area contributed by atoms with Gasteiger partial charge in [0.25, 0.3) is 0 Å². The summed E-state index contributed by atoms with van der Waals surface area (Å²) in [6.07, 6.45) is 10.4. The number of methoxy groups -OCH3 is 1. The lowest BCUT2D eigenvalue weighted by Gasteiger charge is -2.20. The second-order valence-corrected chi connectivity index (χ2v) is 6.77. The molecule has 0 bridgehead atoms. The molecule has 130 valence electrons. The number of allylic oxidation sites excluding steroid dienone is 4. The standard InChI is InChI=1S/C20H38O2/c1-7-19(8-2)12-11-18(5)17(4)10-9-16(3)13-20(14-21)15-22-6/h11-12,16-17,20-21H,7-10,13-15H2,1-6H3/b18-11+. The number of aliphatic hydroxyl groups excluding tert-OH is 1. The Morgan fingerprint density at radius 3 is 2.23 bits per heavy atom. The van der Waals surface area contributed by atoms with E-state index in [1.54, 1.807) is 7.11 Å². The van der Waals surface area contributed by atoms with Gasteiger partial charge < -0.3 is 9.84 Å². The predicted molar refractivity (Wildman–Crippen MR) is 97.1 cm³/mol. The van der Waals surface area contributed by atoms with Gasteiger partial charge in [-0.1, -0.05) is 57.4 Å². The molecule has 0 amide bonds. The van der Waals surface area contributed by atoms with Gasteiger partial charge in [0.2, 0.25) is 0 Å². The van der Waals surface area contributed by atoms with E-state index in [9.17, 15) is 5.11 Å². The summed E-state index contributed by atoms with van der Waals surface area (Å²) in [5.74, 6) is 1.55. The molecule has 0 aromatic rings. The van der Waals surface area contributed by atoms with Gasteiger partial charge in [0.05, 0.1) is 6.61 Å². The van der Waals surface area contributed by atoms with Gasteiger partial charge in [-0.25, -0.2) is 0 Å². The van der Waals surface area contributed by atoms with Crippen LogP contribution in [0.25, 0.3) is 0 Å². The number of ether oxygens (including phenoxy) is 1. The van der Waals surface area contributed by atoms with Crippen molar-refractivity contribution in [3.8, 4) is 0 Å². The molecule has 3 unspecified atom stereocenters. The summed E-state index contributed by atoms with van der Waals surface area (Å²) < 4.78 is 5.16. The molecule has 0 aliphatic rings. The minimum Gasteiger partial charge on any atom is -0.396 e. The van der Waals surface area contributed by atoms with Crippen molar-refractivity contribution in [1.29, 1.82) is 0 Å². The molecule has 0 radical (unpaired) electrons. The Morgan fingerprint density at radius 2 is 1.73 bits per heavy atom. The van der Waals surface area contributed by atoms with Crippen molar-refractivity contribution in [3.63, 3.8) is 0 Å². The third-order valence-corrected chi connectivity index (χ3v) is 4.76. The quantitative estimate of drug-likeness (QED) is 0.491. The van der Waals surface area contributed by atoms with Crippen LogP contribution in [0, 0.1) is 17.8 Å². The van der Waals surface area contributed by atoms with Gasteiger partial charge in [0.15, 0.2) is 0 Å². The van der Waals surface area contributed by atoms with Gasteiger partial charge in [0, 0.05) is 19.6 Å². The summed E-state index contributed by atoms with van der Waals surface area (Å²) in [6, 6.07) is 0. The highest BCUT2D eigenvalue weighted by atomic mass is 16.5. The molecule has 2 nitrogen and oxygen atoms in total. The molecule has 0 aliphatic carbocycles. The number of hydrogen-bond donors (Lipinski definition) is 1. The van der Waals surface area contributed by atoms with E-state index in [0.29, 0.717) is 18.4 Å². The molecular weight excluding hydrogens is 272 g/mol. The third-order valence-electron chi connectivity index (χ3n) is 4.76. The molecule has 0 fully saturated rings. The van der Waals surface area contributed by atoms with Crippen LogP contribution in [-0.4, -0.2) is 25.4 Å². The Bertz CT molecular complexity index is 325. The highest BCUT2D eigenvalue weighted by Crippen LogP contribution is 2.23. The Kier molecular flexibility index (Phi) is 12.5. The molecule has 1 N–H and O–H groups in total. The second kappa shape index (κ2) is 12.9. The smallest absolute Gasteiger partial charge is 0.0512 e. The van der Waals surface area contributed by atoms with Gasteiger partial charge in [-0.05, 0) is 44.4 Å². The van der Waals surface area contributed by atoms with E-state index in [4.69, 9.17) is 4.74 Å². The van der Waals surface area contributed by atoms with Crippen molar-refractivity contribution < 1.29 is 9.84 Å². The SMILES string of the molecule is CCC(=C/C=C(\C)C(C)CCC(C)CC(CO)COC)CC. The van der Waals surface area contributed by atoms with Gasteiger partial charge >= 0.3 is 0 Å². The lowest BCUT2D eigenvalue weighted by Crippen LogP contribution is -2.16. The average Bonchev–Trinajstić information content (AvgIpc) is 2.52. The third kappa shape index (κ3) is 9.42. The van der Waals surface area contributed by atoms with E-state index in [1.165, 1.54) is 24.0 Å². The normalized spacial score (nSPS) is 16.2. The molecule has 0 aromatic carbocycles. The van der Waals surface area contributed by atoms with Crippen LogP contribution < -0.4 is 0 Å². The molecule has 3 atom stereocenters. The van der Waals surface area contributed by atoms with Crippen molar-refractivity contribution in [2.75, 3.05) is 20.3 Å². The van der Waals surface area contributed by atoms with Crippen molar-refractivity contribution in [1.82, 2.24) is 0 Å². The summed E-state index contributed by atoms with van der Waals surface area (Å²) >= 11 is 0. The summed E-state index contributed by atoms with van der Waals surface area (Å²) in [6.45, 7) is 12.2. The van der Waals surface area contributed by atoms with Gasteiger partial charge in [-0.2, -0.15) is 0 Å². The fraction of sp³-hybridized carbons (Fsp3) is 0.800. The maximum Gasteiger partial charge on any atom is 0.0512 e. The summed E-state index contributed by atoms with van der Waals surface area (Å²) in [7, 11) is 1.71. The summed E-state index contributed by atoms with van der Waals surface area (Å²) in [5.41, 5.74) is 2.99. The summed E-state index contributed by atoms with van der Waals surface area (Å²) in [4.78, 5) is 0. The van der Waals surface area contributed by atoms with E-state index in [0.717, 1.165) is 19.3 Å². The van der Waals surface area contributed by atoms with Crippen LogP contribution in [-0.2, 0) is 4.74 Å². The number of rotatable bonds is 12. The molecule has 0 rings (SSSR count). The first kappa shape index (κ1) is 21.4. The maximum absolute atomic E-state index is 9.34. The van der Waals surface area contributed by atoms with E-state index in [1.807, 2.05) is 0 Å². The van der Waals surface area contributed by atoms with E-state index < -0.39 is 0 Å². The lowest BCUT2D eigenvalue weighted by molar-refractivity contribution is 0.0950. The van der Waals surface area contributed by atoms with Crippen LogP contribution in [0.2, 0.25) is 0 Å². The molecule has 0 aliphatic heterocycles. The Labute approximate surface area is 138 Å². The zero-order chi connectivity index (χ0) is 17.0. The average molecular weight is 311 g/mol. The highest BCUT2D eigenvalue weighted by molar-refractivity contribution is 5.17. The minimum atomic E-state index is 0.230. The predicted octanol–water partition coefficient (Wildman–Crippen LogP) is 5.38. The first-order valence-corrected chi connectivity index (χ1v) is 8.94. The van der Waals surface area contributed by atoms with Crippen LogP contribution in [0.4, 0.5) is 0 Å². The van der Waals surface area contributed by atoms with Crippen molar-refractivity contribution in [2.24, 2.45) is 17.8 Å². The zero-order valence-corrected chi connectivity index (χ0v) is 15.7. The van der Waals surface area contributed by atoms with Crippen molar-refractivity contribution in [2.45, 2.75) is 66.7 Å². The zero-order valence-electron chi connectivity index (χ0n) is 15.7. The van der Waals surface area contributed by atoms with Crippen LogP contribution in [0.5, 0.6) is 0 Å². The highest BCUT2D eigenvalue weighted by Gasteiger charge is 2.14. The lowest BCUT2D eigenvalue weighted by atomic mass is 9.88. The van der Waals surface area contributed by atoms with E-state index in [2.05, 4.69) is 46.8 Å². The number of hydrogen-bond acceptors (Lipinski definition) is 2. The van der Waals surface area contributed by atoms with Crippen molar-refractivity contribution >= 4 is 0 Å².